The molecule has 0 rings (SSSR count). The molecule has 2 atom stereocenters. The second kappa shape index (κ2) is 37.7. The standard InChI is InChI=1S/C43H82O6/c1-5-8-10-12-14-15-19-23-26-30-34-41(44)47-37-40(49-43(46)36-32-28-21-13-11-9-6-2)38-48-42(45)35-31-27-24-20-17-16-18-22-25-29-33-39(4)7-3/h39-40H,5-38H2,1-4H3/t39?,40-/m1/s1. The lowest BCUT2D eigenvalue weighted by atomic mass is 9.99. The Kier molecular flexibility index (Phi) is 36.4. The minimum Gasteiger partial charge on any atom is -0.462 e. The minimum atomic E-state index is -0.757. The fourth-order valence-electron chi connectivity index (χ4n) is 6.24. The molecule has 0 saturated carbocycles. The van der Waals surface area contributed by atoms with Gasteiger partial charge in [-0.25, -0.2) is 0 Å². The van der Waals surface area contributed by atoms with Crippen LogP contribution in [0.15, 0.2) is 0 Å². The number of unbranched alkanes of at least 4 members (excludes halogenated alkanes) is 24. The predicted molar refractivity (Wildman–Crippen MR) is 206 cm³/mol. The average Bonchev–Trinajstić information content (AvgIpc) is 3.10. The Morgan fingerprint density at radius 1 is 0.408 bits per heavy atom. The van der Waals surface area contributed by atoms with Gasteiger partial charge in [0, 0.05) is 19.3 Å². The number of esters is 3. The highest BCUT2D eigenvalue weighted by atomic mass is 16.6. The van der Waals surface area contributed by atoms with Gasteiger partial charge in [-0.3, -0.25) is 14.4 Å². The van der Waals surface area contributed by atoms with Crippen LogP contribution in [0.5, 0.6) is 0 Å². The third kappa shape index (κ3) is 36.0. The van der Waals surface area contributed by atoms with Crippen molar-refractivity contribution >= 4 is 17.9 Å². The smallest absolute Gasteiger partial charge is 0.306 e. The molecule has 0 radical (unpaired) electrons. The van der Waals surface area contributed by atoms with E-state index >= 15 is 0 Å². The van der Waals surface area contributed by atoms with E-state index in [0.29, 0.717) is 19.3 Å². The summed E-state index contributed by atoms with van der Waals surface area (Å²) in [4.78, 5) is 37.4. The summed E-state index contributed by atoms with van der Waals surface area (Å²) in [6.45, 7) is 8.95. The van der Waals surface area contributed by atoms with Gasteiger partial charge in [0.15, 0.2) is 6.10 Å². The Bertz CT molecular complexity index is 738. The number of rotatable bonds is 38. The van der Waals surface area contributed by atoms with Crippen molar-refractivity contribution in [2.24, 2.45) is 5.92 Å². The molecule has 0 heterocycles. The van der Waals surface area contributed by atoms with E-state index in [9.17, 15) is 14.4 Å². The largest absolute Gasteiger partial charge is 0.462 e. The van der Waals surface area contributed by atoms with E-state index < -0.39 is 6.10 Å². The van der Waals surface area contributed by atoms with Crippen LogP contribution in [0.1, 0.15) is 233 Å². The molecule has 0 spiro atoms. The van der Waals surface area contributed by atoms with Crippen molar-refractivity contribution in [2.75, 3.05) is 13.2 Å². The zero-order chi connectivity index (χ0) is 36.0. The fraction of sp³-hybridized carbons (Fsp3) is 0.930. The number of hydrogen-bond donors (Lipinski definition) is 0. The van der Waals surface area contributed by atoms with E-state index in [1.807, 2.05) is 0 Å². The monoisotopic (exact) mass is 695 g/mol. The molecule has 0 bridgehead atoms. The van der Waals surface area contributed by atoms with E-state index in [2.05, 4.69) is 27.7 Å². The quantitative estimate of drug-likeness (QED) is 0.0364. The topological polar surface area (TPSA) is 78.9 Å². The van der Waals surface area contributed by atoms with Gasteiger partial charge < -0.3 is 14.2 Å². The lowest BCUT2D eigenvalue weighted by Gasteiger charge is -2.18. The van der Waals surface area contributed by atoms with Crippen LogP contribution in [0, 0.1) is 5.92 Å². The van der Waals surface area contributed by atoms with Crippen molar-refractivity contribution in [1.82, 2.24) is 0 Å². The van der Waals surface area contributed by atoms with Gasteiger partial charge in [-0.05, 0) is 25.2 Å². The summed E-state index contributed by atoms with van der Waals surface area (Å²) in [5.41, 5.74) is 0. The lowest BCUT2D eigenvalue weighted by Crippen LogP contribution is -2.30. The predicted octanol–water partition coefficient (Wildman–Crippen LogP) is 13.2. The highest BCUT2D eigenvalue weighted by Gasteiger charge is 2.19. The summed E-state index contributed by atoms with van der Waals surface area (Å²) in [6, 6.07) is 0. The third-order valence-electron chi connectivity index (χ3n) is 9.90. The van der Waals surface area contributed by atoms with Crippen LogP contribution in [0.2, 0.25) is 0 Å². The summed E-state index contributed by atoms with van der Waals surface area (Å²) in [6.07, 6.45) is 35.2. The molecule has 0 aromatic carbocycles. The zero-order valence-electron chi connectivity index (χ0n) is 33.1. The first kappa shape index (κ1) is 47.4. The van der Waals surface area contributed by atoms with Gasteiger partial charge in [0.1, 0.15) is 13.2 Å². The van der Waals surface area contributed by atoms with Crippen LogP contribution in [-0.4, -0.2) is 37.2 Å². The summed E-state index contributed by atoms with van der Waals surface area (Å²) in [5, 5.41) is 0. The van der Waals surface area contributed by atoms with Gasteiger partial charge in [0.05, 0.1) is 0 Å². The van der Waals surface area contributed by atoms with Gasteiger partial charge in [-0.2, -0.15) is 0 Å². The molecule has 0 aromatic heterocycles. The van der Waals surface area contributed by atoms with E-state index in [0.717, 1.165) is 63.7 Å². The lowest BCUT2D eigenvalue weighted by molar-refractivity contribution is -0.167. The molecule has 0 aliphatic carbocycles. The van der Waals surface area contributed by atoms with Gasteiger partial charge in [-0.1, -0.05) is 195 Å². The van der Waals surface area contributed by atoms with E-state index in [1.165, 1.54) is 128 Å². The van der Waals surface area contributed by atoms with Crippen molar-refractivity contribution in [3.05, 3.63) is 0 Å². The SMILES string of the molecule is CCCCCCCCCCCCC(=O)OC[C@H](COC(=O)CCCCCCCCCCCCC(C)CC)OC(=O)CCCCCCCCC. The molecule has 1 unspecified atom stereocenters. The number of hydrogen-bond acceptors (Lipinski definition) is 6. The fourth-order valence-corrected chi connectivity index (χ4v) is 6.24. The molecule has 6 heteroatoms. The summed E-state index contributed by atoms with van der Waals surface area (Å²) < 4.78 is 16.6. The van der Waals surface area contributed by atoms with Gasteiger partial charge >= 0.3 is 17.9 Å². The number of carbonyl (C=O) groups excluding carboxylic acids is 3. The minimum absolute atomic E-state index is 0.0650. The van der Waals surface area contributed by atoms with Crippen molar-refractivity contribution in [3.8, 4) is 0 Å². The maximum Gasteiger partial charge on any atom is 0.306 e. The average molecular weight is 695 g/mol. The van der Waals surface area contributed by atoms with Gasteiger partial charge in [0.25, 0.3) is 0 Å². The van der Waals surface area contributed by atoms with Crippen LogP contribution in [0.4, 0.5) is 0 Å². The Morgan fingerprint density at radius 3 is 1.06 bits per heavy atom. The van der Waals surface area contributed by atoms with E-state index in [1.54, 1.807) is 0 Å². The van der Waals surface area contributed by atoms with E-state index in [4.69, 9.17) is 14.2 Å². The Balaban J connectivity index is 4.26. The second-order valence-corrected chi connectivity index (χ2v) is 14.9. The molecular formula is C43H82O6. The van der Waals surface area contributed by atoms with Crippen LogP contribution >= 0.6 is 0 Å². The highest BCUT2D eigenvalue weighted by molar-refractivity contribution is 5.71. The molecule has 6 nitrogen and oxygen atoms in total. The molecular weight excluding hydrogens is 612 g/mol. The first-order valence-electron chi connectivity index (χ1n) is 21.4. The molecule has 0 N–H and O–H groups in total. The summed E-state index contributed by atoms with van der Waals surface area (Å²) in [7, 11) is 0. The Labute approximate surface area is 304 Å². The molecule has 0 saturated heterocycles. The van der Waals surface area contributed by atoms with Crippen molar-refractivity contribution in [2.45, 2.75) is 239 Å². The van der Waals surface area contributed by atoms with Crippen LogP contribution in [0.3, 0.4) is 0 Å². The maximum absolute atomic E-state index is 12.6. The van der Waals surface area contributed by atoms with Crippen molar-refractivity contribution in [1.29, 1.82) is 0 Å². The van der Waals surface area contributed by atoms with E-state index in [-0.39, 0.29) is 31.1 Å². The van der Waals surface area contributed by atoms with Crippen molar-refractivity contribution < 1.29 is 28.6 Å². The van der Waals surface area contributed by atoms with Crippen LogP contribution in [-0.2, 0) is 28.6 Å². The first-order chi connectivity index (χ1) is 23.9. The highest BCUT2D eigenvalue weighted by Crippen LogP contribution is 2.16. The molecule has 0 aliphatic rings. The molecule has 0 amide bonds. The molecule has 290 valence electrons. The Morgan fingerprint density at radius 2 is 0.714 bits per heavy atom. The van der Waals surface area contributed by atoms with Crippen molar-refractivity contribution in [3.63, 3.8) is 0 Å². The zero-order valence-corrected chi connectivity index (χ0v) is 33.1. The molecule has 0 aromatic rings. The molecule has 0 fully saturated rings. The Hall–Kier alpha value is -1.59. The third-order valence-corrected chi connectivity index (χ3v) is 9.90. The maximum atomic E-state index is 12.6. The first-order valence-corrected chi connectivity index (χ1v) is 21.4. The van der Waals surface area contributed by atoms with Crippen LogP contribution in [0.25, 0.3) is 0 Å². The summed E-state index contributed by atoms with van der Waals surface area (Å²) in [5.74, 6) is 0.00340. The molecule has 0 aliphatic heterocycles. The summed E-state index contributed by atoms with van der Waals surface area (Å²) >= 11 is 0. The molecule has 49 heavy (non-hydrogen) atoms. The number of carbonyl (C=O) groups is 3. The van der Waals surface area contributed by atoms with Gasteiger partial charge in [0.2, 0.25) is 0 Å². The van der Waals surface area contributed by atoms with Gasteiger partial charge in [-0.15, -0.1) is 0 Å². The number of ether oxygens (including phenoxy) is 3. The van der Waals surface area contributed by atoms with Crippen LogP contribution < -0.4 is 0 Å². The normalized spacial score (nSPS) is 12.5. The second-order valence-electron chi connectivity index (χ2n) is 14.9.